The Morgan fingerprint density at radius 3 is 2.34 bits per heavy atom. The molecular formula is C24H23N3O3S2. The molecule has 0 saturated carbocycles. The molecule has 0 aliphatic heterocycles. The van der Waals surface area contributed by atoms with E-state index < -0.39 is 15.9 Å². The molecule has 8 heteroatoms. The van der Waals surface area contributed by atoms with Gasteiger partial charge in [0, 0.05) is 23.7 Å². The summed E-state index contributed by atoms with van der Waals surface area (Å²) in [5, 5.41) is 6.00. The predicted octanol–water partition coefficient (Wildman–Crippen LogP) is 5.05. The molecule has 0 saturated heterocycles. The van der Waals surface area contributed by atoms with Crippen molar-refractivity contribution in [3.8, 4) is 11.1 Å². The Labute approximate surface area is 191 Å². The van der Waals surface area contributed by atoms with Gasteiger partial charge in [0.05, 0.1) is 11.4 Å². The lowest BCUT2D eigenvalue weighted by Crippen LogP contribution is -2.29. The van der Waals surface area contributed by atoms with E-state index in [2.05, 4.69) is 5.10 Å². The van der Waals surface area contributed by atoms with Gasteiger partial charge in [0.15, 0.2) is 0 Å². The molecule has 0 amide bonds. The lowest BCUT2D eigenvalue weighted by Gasteiger charge is -2.21. The first-order valence-electron chi connectivity index (χ1n) is 10.0. The molecule has 0 unspecified atom stereocenters. The number of carbonyl (C=O) groups excluding carboxylic acids is 1. The number of hydrogen-bond donors (Lipinski definition) is 0. The molecule has 2 aromatic carbocycles. The number of rotatable bonds is 5. The quantitative estimate of drug-likeness (QED) is 0.413. The second kappa shape index (κ2) is 8.37. The van der Waals surface area contributed by atoms with E-state index in [1.54, 1.807) is 37.4 Å². The number of benzene rings is 2. The lowest BCUT2D eigenvalue weighted by molar-refractivity contribution is 0.0943. The Hall–Kier alpha value is -3.23. The smallest absolute Gasteiger partial charge is 0.269 e. The molecule has 0 atom stereocenters. The Balaban J connectivity index is 1.93. The molecule has 0 bridgehead atoms. The SMILES string of the molecule is Cc1cccc(N(C)S(=O)(=O)c2c(-c3ccccc3)csc2C(=O)n2nc(C)cc2C)c1. The van der Waals surface area contributed by atoms with Gasteiger partial charge in [0.25, 0.3) is 15.9 Å². The average molecular weight is 466 g/mol. The van der Waals surface area contributed by atoms with Crippen LogP contribution in [-0.2, 0) is 10.0 Å². The van der Waals surface area contributed by atoms with Gasteiger partial charge in [-0.3, -0.25) is 9.10 Å². The highest BCUT2D eigenvalue weighted by atomic mass is 32.2. The van der Waals surface area contributed by atoms with Gasteiger partial charge in [-0.25, -0.2) is 13.1 Å². The zero-order chi connectivity index (χ0) is 23.0. The van der Waals surface area contributed by atoms with E-state index in [1.165, 1.54) is 16.0 Å². The van der Waals surface area contributed by atoms with Crippen LogP contribution in [0.3, 0.4) is 0 Å². The molecule has 4 rings (SSSR count). The van der Waals surface area contributed by atoms with E-state index in [9.17, 15) is 13.2 Å². The van der Waals surface area contributed by atoms with Crippen molar-refractivity contribution in [1.29, 1.82) is 0 Å². The van der Waals surface area contributed by atoms with E-state index >= 15 is 0 Å². The zero-order valence-electron chi connectivity index (χ0n) is 18.2. The van der Waals surface area contributed by atoms with Crippen LogP contribution in [0.1, 0.15) is 26.6 Å². The molecule has 0 N–H and O–H groups in total. The fraction of sp³-hybridized carbons (Fsp3) is 0.167. The van der Waals surface area contributed by atoms with Crippen molar-refractivity contribution in [2.24, 2.45) is 0 Å². The molecule has 4 aromatic rings. The maximum absolute atomic E-state index is 13.9. The summed E-state index contributed by atoms with van der Waals surface area (Å²) in [6, 6.07) is 18.3. The largest absolute Gasteiger partial charge is 0.289 e. The van der Waals surface area contributed by atoms with Gasteiger partial charge in [-0.05, 0) is 50.1 Å². The Morgan fingerprint density at radius 2 is 1.72 bits per heavy atom. The first-order valence-corrected chi connectivity index (χ1v) is 12.3. The van der Waals surface area contributed by atoms with Gasteiger partial charge in [-0.15, -0.1) is 11.3 Å². The lowest BCUT2D eigenvalue weighted by atomic mass is 10.1. The number of anilines is 1. The van der Waals surface area contributed by atoms with E-state index in [0.717, 1.165) is 22.5 Å². The second-order valence-corrected chi connectivity index (χ2v) is 10.4. The number of aryl methyl sites for hydroxylation is 3. The summed E-state index contributed by atoms with van der Waals surface area (Å²) < 4.78 is 30.3. The highest BCUT2D eigenvalue weighted by Gasteiger charge is 2.33. The number of carbonyl (C=O) groups is 1. The fourth-order valence-electron chi connectivity index (χ4n) is 3.60. The summed E-state index contributed by atoms with van der Waals surface area (Å²) in [6.07, 6.45) is 0. The Kier molecular flexibility index (Phi) is 5.75. The van der Waals surface area contributed by atoms with E-state index in [4.69, 9.17) is 0 Å². The highest BCUT2D eigenvalue weighted by molar-refractivity contribution is 7.93. The Morgan fingerprint density at radius 1 is 1.00 bits per heavy atom. The number of sulfonamides is 1. The third-order valence-corrected chi connectivity index (χ3v) is 8.18. The normalized spacial score (nSPS) is 11.5. The number of thiophene rings is 1. The van der Waals surface area contributed by atoms with Crippen LogP contribution in [0, 0.1) is 20.8 Å². The minimum absolute atomic E-state index is 0.00439. The zero-order valence-corrected chi connectivity index (χ0v) is 19.9. The van der Waals surface area contributed by atoms with Crippen LogP contribution in [-0.4, -0.2) is 31.2 Å². The molecule has 32 heavy (non-hydrogen) atoms. The van der Waals surface area contributed by atoms with Crippen molar-refractivity contribution in [1.82, 2.24) is 9.78 Å². The first-order chi connectivity index (χ1) is 15.2. The van der Waals surface area contributed by atoms with E-state index in [1.807, 2.05) is 49.4 Å². The van der Waals surface area contributed by atoms with Gasteiger partial charge in [-0.1, -0.05) is 42.5 Å². The minimum Gasteiger partial charge on any atom is -0.269 e. The van der Waals surface area contributed by atoms with Crippen molar-refractivity contribution < 1.29 is 13.2 Å². The van der Waals surface area contributed by atoms with Crippen LogP contribution < -0.4 is 4.31 Å². The van der Waals surface area contributed by atoms with Gasteiger partial charge in [0.2, 0.25) is 0 Å². The summed E-state index contributed by atoms with van der Waals surface area (Å²) in [6.45, 7) is 5.47. The third kappa shape index (κ3) is 3.87. The van der Waals surface area contributed by atoms with Crippen molar-refractivity contribution >= 4 is 33.0 Å². The average Bonchev–Trinajstić information content (AvgIpc) is 3.37. The summed E-state index contributed by atoms with van der Waals surface area (Å²) in [5.41, 5.74) is 4.04. The Bertz CT molecular complexity index is 1400. The van der Waals surface area contributed by atoms with Crippen LogP contribution in [0.2, 0.25) is 0 Å². The predicted molar refractivity (Wildman–Crippen MR) is 128 cm³/mol. The van der Waals surface area contributed by atoms with Crippen LogP contribution in [0.5, 0.6) is 0 Å². The van der Waals surface area contributed by atoms with Crippen molar-refractivity contribution in [2.45, 2.75) is 25.7 Å². The molecule has 0 radical (unpaired) electrons. The van der Waals surface area contributed by atoms with Crippen LogP contribution >= 0.6 is 11.3 Å². The molecule has 0 aliphatic rings. The topological polar surface area (TPSA) is 72.3 Å². The van der Waals surface area contributed by atoms with Crippen LogP contribution in [0.25, 0.3) is 11.1 Å². The van der Waals surface area contributed by atoms with Gasteiger partial charge < -0.3 is 0 Å². The minimum atomic E-state index is -4.05. The molecule has 0 spiro atoms. The van der Waals surface area contributed by atoms with Gasteiger partial charge in [-0.2, -0.15) is 5.10 Å². The molecular weight excluding hydrogens is 442 g/mol. The number of nitrogens with zero attached hydrogens (tertiary/aromatic N) is 3. The summed E-state index contributed by atoms with van der Waals surface area (Å²) in [4.78, 5) is 13.6. The van der Waals surface area contributed by atoms with Crippen molar-refractivity contribution in [3.05, 3.63) is 87.9 Å². The molecule has 0 aliphatic carbocycles. The monoisotopic (exact) mass is 465 g/mol. The number of hydrogen-bond acceptors (Lipinski definition) is 5. The molecule has 2 aromatic heterocycles. The maximum Gasteiger partial charge on any atom is 0.289 e. The summed E-state index contributed by atoms with van der Waals surface area (Å²) in [5.74, 6) is -0.459. The summed E-state index contributed by atoms with van der Waals surface area (Å²) >= 11 is 1.12. The van der Waals surface area contributed by atoms with E-state index in [0.29, 0.717) is 22.6 Å². The van der Waals surface area contributed by atoms with Crippen LogP contribution in [0.4, 0.5) is 5.69 Å². The van der Waals surface area contributed by atoms with Crippen molar-refractivity contribution in [2.75, 3.05) is 11.4 Å². The molecule has 164 valence electrons. The first kappa shape index (κ1) is 22.0. The molecule has 6 nitrogen and oxygen atoms in total. The summed E-state index contributed by atoms with van der Waals surface area (Å²) in [7, 11) is -2.54. The third-order valence-electron chi connectivity index (χ3n) is 5.21. The van der Waals surface area contributed by atoms with Gasteiger partial charge >= 0.3 is 0 Å². The van der Waals surface area contributed by atoms with Gasteiger partial charge in [0.1, 0.15) is 9.77 Å². The number of aromatic nitrogens is 2. The van der Waals surface area contributed by atoms with E-state index in [-0.39, 0.29) is 9.77 Å². The molecule has 2 heterocycles. The highest BCUT2D eigenvalue weighted by Crippen LogP contribution is 2.38. The second-order valence-electron chi connectivity index (χ2n) is 7.63. The fourth-order valence-corrected chi connectivity index (χ4v) is 6.47. The van der Waals surface area contributed by atoms with Crippen molar-refractivity contribution in [3.63, 3.8) is 0 Å². The maximum atomic E-state index is 13.9. The molecule has 0 fully saturated rings. The standard InChI is InChI=1S/C24H23N3O3S2/c1-16-9-8-12-20(13-16)26(4)32(29,30)23-21(19-10-6-5-7-11-19)15-31-22(23)24(28)27-18(3)14-17(2)25-27/h5-15H,1-4H3. The van der Waals surface area contributed by atoms with Crippen LogP contribution in [0.15, 0.2) is 70.9 Å².